The number of benzene rings is 2. The van der Waals surface area contributed by atoms with Crippen LogP contribution < -0.4 is 0 Å². The SMILES string of the molecule is CC1CC(C)CN(C(=O)CSc2nnc(-c3ccc(Cl)cc3)n2-c2ccccc2C(C)C)C1. The number of carbonyl (C=O) groups excluding carboxylic acids is 1. The van der Waals surface area contributed by atoms with Gasteiger partial charge in [-0.05, 0) is 60.1 Å². The number of carbonyl (C=O) groups is 1. The van der Waals surface area contributed by atoms with Crippen molar-refractivity contribution in [3.05, 3.63) is 59.1 Å². The van der Waals surface area contributed by atoms with Crippen LogP contribution in [0.3, 0.4) is 0 Å². The van der Waals surface area contributed by atoms with Crippen molar-refractivity contribution in [2.24, 2.45) is 11.8 Å². The highest BCUT2D eigenvalue weighted by molar-refractivity contribution is 7.99. The van der Waals surface area contributed by atoms with Crippen molar-refractivity contribution < 1.29 is 4.79 Å². The van der Waals surface area contributed by atoms with Crippen LogP contribution in [-0.2, 0) is 4.79 Å². The van der Waals surface area contributed by atoms with Gasteiger partial charge in [0.1, 0.15) is 0 Å². The average molecular weight is 483 g/mol. The second-order valence-electron chi connectivity index (χ2n) is 9.40. The Morgan fingerprint density at radius 1 is 1.06 bits per heavy atom. The molecule has 2 aromatic carbocycles. The van der Waals surface area contributed by atoms with E-state index in [0.29, 0.717) is 28.5 Å². The highest BCUT2D eigenvalue weighted by Gasteiger charge is 2.26. The first-order chi connectivity index (χ1) is 15.8. The Kier molecular flexibility index (Phi) is 7.45. The summed E-state index contributed by atoms with van der Waals surface area (Å²) in [5, 5.41) is 10.4. The van der Waals surface area contributed by atoms with E-state index in [1.54, 1.807) is 0 Å². The molecule has 0 radical (unpaired) electrons. The third-order valence-electron chi connectivity index (χ3n) is 6.08. The van der Waals surface area contributed by atoms with E-state index in [9.17, 15) is 4.79 Å². The molecule has 2 heterocycles. The molecule has 1 aliphatic rings. The average Bonchev–Trinajstić information content (AvgIpc) is 3.21. The van der Waals surface area contributed by atoms with Crippen LogP contribution in [0.15, 0.2) is 53.7 Å². The zero-order chi connectivity index (χ0) is 23.5. The fourth-order valence-corrected chi connectivity index (χ4v) is 5.60. The Balaban J connectivity index is 1.67. The molecule has 0 spiro atoms. The van der Waals surface area contributed by atoms with Crippen molar-refractivity contribution in [1.82, 2.24) is 19.7 Å². The van der Waals surface area contributed by atoms with Crippen molar-refractivity contribution in [3.8, 4) is 17.1 Å². The molecule has 0 N–H and O–H groups in total. The summed E-state index contributed by atoms with van der Waals surface area (Å²) in [5.74, 6) is 2.68. The van der Waals surface area contributed by atoms with Gasteiger partial charge in [-0.3, -0.25) is 9.36 Å². The number of hydrogen-bond acceptors (Lipinski definition) is 4. The van der Waals surface area contributed by atoms with E-state index in [1.165, 1.54) is 23.7 Å². The van der Waals surface area contributed by atoms with Gasteiger partial charge in [-0.15, -0.1) is 10.2 Å². The fraction of sp³-hybridized carbons (Fsp3) is 0.423. The van der Waals surface area contributed by atoms with Crippen LogP contribution in [0.4, 0.5) is 0 Å². The van der Waals surface area contributed by atoms with Gasteiger partial charge in [0, 0.05) is 23.7 Å². The van der Waals surface area contributed by atoms with Gasteiger partial charge in [-0.2, -0.15) is 0 Å². The van der Waals surface area contributed by atoms with E-state index in [4.69, 9.17) is 11.6 Å². The van der Waals surface area contributed by atoms with Gasteiger partial charge in [-0.1, -0.05) is 69.3 Å². The third kappa shape index (κ3) is 5.44. The van der Waals surface area contributed by atoms with Crippen molar-refractivity contribution in [1.29, 1.82) is 0 Å². The molecule has 3 aromatic rings. The molecule has 2 atom stereocenters. The van der Waals surface area contributed by atoms with Crippen LogP contribution >= 0.6 is 23.4 Å². The zero-order valence-electron chi connectivity index (χ0n) is 19.7. The van der Waals surface area contributed by atoms with Crippen LogP contribution in [0.25, 0.3) is 17.1 Å². The number of likely N-dealkylation sites (tertiary alicyclic amines) is 1. The predicted molar refractivity (Wildman–Crippen MR) is 136 cm³/mol. The number of amides is 1. The summed E-state index contributed by atoms with van der Waals surface area (Å²) in [6, 6.07) is 16.0. The molecule has 174 valence electrons. The minimum Gasteiger partial charge on any atom is -0.341 e. The third-order valence-corrected chi connectivity index (χ3v) is 7.25. The lowest BCUT2D eigenvalue weighted by Crippen LogP contribution is -2.43. The van der Waals surface area contributed by atoms with Gasteiger partial charge >= 0.3 is 0 Å². The Labute approximate surface area is 205 Å². The molecule has 33 heavy (non-hydrogen) atoms. The molecule has 1 aliphatic heterocycles. The van der Waals surface area contributed by atoms with Crippen molar-refractivity contribution >= 4 is 29.3 Å². The molecular formula is C26H31ClN4OS. The molecule has 2 unspecified atom stereocenters. The van der Waals surface area contributed by atoms with Crippen LogP contribution in [0.5, 0.6) is 0 Å². The molecule has 0 saturated carbocycles. The number of nitrogens with zero attached hydrogens (tertiary/aromatic N) is 4. The first-order valence-corrected chi connectivity index (χ1v) is 12.9. The summed E-state index contributed by atoms with van der Waals surface area (Å²) in [5.41, 5.74) is 3.18. The minimum atomic E-state index is 0.165. The summed E-state index contributed by atoms with van der Waals surface area (Å²) in [4.78, 5) is 15.0. The van der Waals surface area contributed by atoms with E-state index in [0.717, 1.165) is 35.3 Å². The molecule has 1 fully saturated rings. The maximum absolute atomic E-state index is 13.0. The van der Waals surface area contributed by atoms with Crippen molar-refractivity contribution in [2.75, 3.05) is 18.8 Å². The highest BCUT2D eigenvalue weighted by atomic mass is 35.5. The van der Waals surface area contributed by atoms with Crippen LogP contribution in [0.2, 0.25) is 5.02 Å². The Bertz CT molecular complexity index is 1100. The topological polar surface area (TPSA) is 51.0 Å². The number of rotatable bonds is 6. The van der Waals surface area contributed by atoms with Gasteiger partial charge in [0.25, 0.3) is 0 Å². The first-order valence-electron chi connectivity index (χ1n) is 11.5. The first kappa shape index (κ1) is 23.8. The van der Waals surface area contributed by atoms with E-state index in [-0.39, 0.29) is 5.91 Å². The van der Waals surface area contributed by atoms with Gasteiger partial charge < -0.3 is 4.90 Å². The second-order valence-corrected chi connectivity index (χ2v) is 10.8. The largest absolute Gasteiger partial charge is 0.341 e. The molecule has 0 aliphatic carbocycles. The Hall–Kier alpha value is -2.31. The van der Waals surface area contributed by atoms with Crippen molar-refractivity contribution in [3.63, 3.8) is 0 Å². The minimum absolute atomic E-state index is 0.165. The smallest absolute Gasteiger partial charge is 0.233 e. The van der Waals surface area contributed by atoms with Crippen LogP contribution in [0.1, 0.15) is 45.6 Å². The number of halogens is 1. The summed E-state index contributed by atoms with van der Waals surface area (Å²) in [6.07, 6.45) is 1.18. The molecule has 1 aromatic heterocycles. The summed E-state index contributed by atoms with van der Waals surface area (Å²) < 4.78 is 2.08. The zero-order valence-corrected chi connectivity index (χ0v) is 21.2. The lowest BCUT2D eigenvalue weighted by molar-refractivity contribution is -0.130. The van der Waals surface area contributed by atoms with Crippen LogP contribution in [0, 0.1) is 11.8 Å². The van der Waals surface area contributed by atoms with Crippen molar-refractivity contribution in [2.45, 2.75) is 45.2 Å². The molecule has 0 bridgehead atoms. The summed E-state index contributed by atoms with van der Waals surface area (Å²) in [6.45, 7) is 10.5. The Morgan fingerprint density at radius 2 is 1.73 bits per heavy atom. The molecule has 1 saturated heterocycles. The second kappa shape index (κ2) is 10.3. The van der Waals surface area contributed by atoms with Gasteiger partial charge in [0.2, 0.25) is 5.91 Å². The molecular weight excluding hydrogens is 452 g/mol. The van der Waals surface area contributed by atoms with Gasteiger partial charge in [0.15, 0.2) is 11.0 Å². The van der Waals surface area contributed by atoms with Crippen LogP contribution in [-0.4, -0.2) is 44.4 Å². The Morgan fingerprint density at radius 3 is 2.39 bits per heavy atom. The molecule has 4 rings (SSSR count). The predicted octanol–water partition coefficient (Wildman–Crippen LogP) is 6.31. The quantitative estimate of drug-likeness (QED) is 0.386. The number of aromatic nitrogens is 3. The maximum Gasteiger partial charge on any atom is 0.233 e. The van der Waals surface area contributed by atoms with E-state index in [1.807, 2.05) is 35.2 Å². The number of hydrogen-bond donors (Lipinski definition) is 0. The van der Waals surface area contributed by atoms with E-state index in [2.05, 4.69) is 60.7 Å². The standard InChI is InChI=1S/C26H31ClN4OS/c1-17(2)22-7-5-6-8-23(22)31-25(20-9-11-21(27)12-10-20)28-29-26(31)33-16-24(32)30-14-18(3)13-19(4)15-30/h5-12,17-19H,13-16H2,1-4H3. The fourth-order valence-electron chi connectivity index (χ4n) is 4.63. The van der Waals surface area contributed by atoms with Gasteiger partial charge in [-0.25, -0.2) is 0 Å². The normalized spacial score (nSPS) is 18.7. The van der Waals surface area contributed by atoms with Gasteiger partial charge in [0.05, 0.1) is 11.4 Å². The summed E-state index contributed by atoms with van der Waals surface area (Å²) in [7, 11) is 0. The summed E-state index contributed by atoms with van der Waals surface area (Å²) >= 11 is 7.57. The highest BCUT2D eigenvalue weighted by Crippen LogP contribution is 2.33. The lowest BCUT2D eigenvalue weighted by atomic mass is 9.92. The molecule has 1 amide bonds. The van der Waals surface area contributed by atoms with E-state index < -0.39 is 0 Å². The maximum atomic E-state index is 13.0. The van der Waals surface area contributed by atoms with E-state index >= 15 is 0 Å². The number of piperidine rings is 1. The lowest BCUT2D eigenvalue weighted by Gasteiger charge is -2.35. The number of para-hydroxylation sites is 1. The monoisotopic (exact) mass is 482 g/mol. The molecule has 7 heteroatoms. The number of thioether (sulfide) groups is 1. The molecule has 5 nitrogen and oxygen atoms in total.